The van der Waals surface area contributed by atoms with E-state index in [1.807, 2.05) is 24.3 Å². The van der Waals surface area contributed by atoms with E-state index in [0.29, 0.717) is 11.4 Å². The number of hydrazone groups is 1. The first-order chi connectivity index (χ1) is 12.2. The summed E-state index contributed by atoms with van der Waals surface area (Å²) in [6, 6.07) is 15.5. The van der Waals surface area contributed by atoms with Gasteiger partial charge in [-0.05, 0) is 48.0 Å². The van der Waals surface area contributed by atoms with Crippen molar-refractivity contribution in [1.29, 1.82) is 0 Å². The fourth-order valence-electron chi connectivity index (χ4n) is 2.22. The number of rotatable bonds is 5. The van der Waals surface area contributed by atoms with Gasteiger partial charge in [0.1, 0.15) is 17.2 Å². The molecule has 0 aliphatic rings. The van der Waals surface area contributed by atoms with Crippen molar-refractivity contribution < 1.29 is 14.6 Å². The van der Waals surface area contributed by atoms with Crippen LogP contribution in [0.2, 0.25) is 0 Å². The smallest absolute Gasteiger partial charge is 0.289 e. The second-order valence-corrected chi connectivity index (χ2v) is 5.16. The van der Waals surface area contributed by atoms with E-state index in [1.54, 1.807) is 25.3 Å². The lowest BCUT2D eigenvalue weighted by Gasteiger charge is -2.04. The number of methoxy groups -OCH3 is 1. The van der Waals surface area contributed by atoms with Crippen LogP contribution in [0.3, 0.4) is 0 Å². The number of ether oxygens (including phenoxy) is 1. The fourth-order valence-corrected chi connectivity index (χ4v) is 2.22. The number of aromatic hydroxyl groups is 1. The predicted molar refractivity (Wildman–Crippen MR) is 93.7 cm³/mol. The highest BCUT2D eigenvalue weighted by atomic mass is 16.5. The summed E-state index contributed by atoms with van der Waals surface area (Å²) in [5.41, 5.74) is 4.84. The van der Waals surface area contributed by atoms with E-state index in [2.05, 4.69) is 20.7 Å². The lowest BCUT2D eigenvalue weighted by molar-refractivity contribution is 0.0950. The third kappa shape index (κ3) is 3.84. The first-order valence-electron chi connectivity index (χ1n) is 7.48. The largest absolute Gasteiger partial charge is 0.508 e. The van der Waals surface area contributed by atoms with Crippen LogP contribution in [-0.2, 0) is 0 Å². The number of hydrogen-bond donors (Lipinski definition) is 3. The average molecular weight is 336 g/mol. The van der Waals surface area contributed by atoms with Crippen LogP contribution in [0.1, 0.15) is 16.1 Å². The molecule has 1 amide bonds. The standard InChI is InChI=1S/C18H16N4O3/c1-25-17-5-3-2-4-14(17)15-10-16(21-20-15)18(24)22-19-11-12-6-8-13(23)9-7-12/h2-11,23H,1H3,(H,20,21)(H,22,24). The fraction of sp³-hybridized carbons (Fsp3) is 0.0556. The van der Waals surface area contributed by atoms with Crippen molar-refractivity contribution >= 4 is 12.1 Å². The van der Waals surface area contributed by atoms with Crippen molar-refractivity contribution in [3.8, 4) is 22.8 Å². The number of nitrogens with zero attached hydrogens (tertiary/aromatic N) is 2. The first kappa shape index (κ1) is 16.3. The van der Waals surface area contributed by atoms with Gasteiger partial charge >= 0.3 is 0 Å². The average Bonchev–Trinajstić information content (AvgIpc) is 3.13. The van der Waals surface area contributed by atoms with E-state index < -0.39 is 5.91 Å². The van der Waals surface area contributed by atoms with Crippen LogP contribution in [0, 0.1) is 0 Å². The maximum Gasteiger partial charge on any atom is 0.289 e. The molecule has 3 N–H and O–H groups in total. The Morgan fingerprint density at radius 1 is 1.24 bits per heavy atom. The Bertz CT molecular complexity index is 901. The molecule has 2 aromatic carbocycles. The first-order valence-corrected chi connectivity index (χ1v) is 7.48. The zero-order valence-corrected chi connectivity index (χ0v) is 13.4. The van der Waals surface area contributed by atoms with Crippen molar-refractivity contribution in [3.63, 3.8) is 0 Å². The molecule has 3 aromatic rings. The highest BCUT2D eigenvalue weighted by Crippen LogP contribution is 2.28. The number of H-pyrrole nitrogens is 1. The Morgan fingerprint density at radius 3 is 2.76 bits per heavy atom. The number of para-hydroxylation sites is 1. The predicted octanol–water partition coefficient (Wildman–Crippen LogP) is 2.55. The van der Waals surface area contributed by atoms with Gasteiger partial charge in [-0.15, -0.1) is 0 Å². The topological polar surface area (TPSA) is 99.6 Å². The minimum Gasteiger partial charge on any atom is -0.508 e. The Morgan fingerprint density at radius 2 is 2.00 bits per heavy atom. The summed E-state index contributed by atoms with van der Waals surface area (Å²) < 4.78 is 5.30. The summed E-state index contributed by atoms with van der Waals surface area (Å²) >= 11 is 0. The summed E-state index contributed by atoms with van der Waals surface area (Å²) in [6.07, 6.45) is 1.48. The van der Waals surface area contributed by atoms with Crippen molar-refractivity contribution in [3.05, 3.63) is 65.9 Å². The lowest BCUT2D eigenvalue weighted by atomic mass is 10.1. The minimum atomic E-state index is -0.413. The number of carbonyl (C=O) groups is 1. The van der Waals surface area contributed by atoms with E-state index in [1.165, 1.54) is 18.3 Å². The van der Waals surface area contributed by atoms with Crippen LogP contribution in [0.4, 0.5) is 0 Å². The Labute approximate surface area is 144 Å². The van der Waals surface area contributed by atoms with Gasteiger partial charge in [0, 0.05) is 5.56 Å². The lowest BCUT2D eigenvalue weighted by Crippen LogP contribution is -2.17. The number of amides is 1. The molecule has 7 nitrogen and oxygen atoms in total. The summed E-state index contributed by atoms with van der Waals surface area (Å²) in [5, 5.41) is 19.9. The third-order valence-corrected chi connectivity index (χ3v) is 3.48. The van der Waals surface area contributed by atoms with E-state index >= 15 is 0 Å². The van der Waals surface area contributed by atoms with Crippen LogP contribution >= 0.6 is 0 Å². The van der Waals surface area contributed by atoms with Gasteiger partial charge in [0.25, 0.3) is 5.91 Å². The van der Waals surface area contributed by atoms with Gasteiger partial charge in [0.2, 0.25) is 0 Å². The van der Waals surface area contributed by atoms with Gasteiger partial charge < -0.3 is 9.84 Å². The van der Waals surface area contributed by atoms with Crippen molar-refractivity contribution in [2.24, 2.45) is 5.10 Å². The van der Waals surface area contributed by atoms with E-state index in [4.69, 9.17) is 4.74 Å². The number of benzene rings is 2. The van der Waals surface area contributed by atoms with Gasteiger partial charge in [-0.2, -0.15) is 10.2 Å². The molecule has 3 rings (SSSR count). The molecule has 1 aromatic heterocycles. The molecule has 0 aliphatic heterocycles. The minimum absolute atomic E-state index is 0.169. The second-order valence-electron chi connectivity index (χ2n) is 5.16. The van der Waals surface area contributed by atoms with Crippen LogP contribution in [0.25, 0.3) is 11.3 Å². The Balaban J connectivity index is 1.69. The number of hydrogen-bond acceptors (Lipinski definition) is 5. The van der Waals surface area contributed by atoms with Crippen LogP contribution < -0.4 is 10.2 Å². The summed E-state index contributed by atoms with van der Waals surface area (Å²) in [4.78, 5) is 12.1. The van der Waals surface area contributed by atoms with Crippen LogP contribution in [0.5, 0.6) is 11.5 Å². The molecule has 126 valence electrons. The van der Waals surface area contributed by atoms with Crippen molar-refractivity contribution in [1.82, 2.24) is 15.6 Å². The van der Waals surface area contributed by atoms with E-state index in [-0.39, 0.29) is 11.4 Å². The molecule has 1 heterocycles. The van der Waals surface area contributed by atoms with E-state index in [9.17, 15) is 9.90 Å². The summed E-state index contributed by atoms with van der Waals surface area (Å²) in [6.45, 7) is 0. The van der Waals surface area contributed by atoms with Gasteiger partial charge in [-0.25, -0.2) is 5.43 Å². The molecule has 0 aliphatic carbocycles. The zero-order valence-electron chi connectivity index (χ0n) is 13.4. The second kappa shape index (κ2) is 7.31. The highest BCUT2D eigenvalue weighted by Gasteiger charge is 2.13. The maximum absolute atomic E-state index is 12.1. The molecule has 0 spiro atoms. The summed E-state index contributed by atoms with van der Waals surface area (Å²) in [5.74, 6) is 0.428. The Hall–Kier alpha value is -3.61. The number of phenolic OH excluding ortho intramolecular Hbond substituents is 1. The monoisotopic (exact) mass is 336 g/mol. The Kier molecular flexibility index (Phi) is 4.75. The number of aromatic nitrogens is 2. The number of carbonyl (C=O) groups excluding carboxylic acids is 1. The van der Waals surface area contributed by atoms with E-state index in [0.717, 1.165) is 11.1 Å². The van der Waals surface area contributed by atoms with Crippen molar-refractivity contribution in [2.75, 3.05) is 7.11 Å². The number of nitrogens with one attached hydrogen (secondary N) is 2. The molecule has 25 heavy (non-hydrogen) atoms. The molecule has 0 fully saturated rings. The van der Waals surface area contributed by atoms with Gasteiger partial charge in [-0.3, -0.25) is 9.89 Å². The maximum atomic E-state index is 12.1. The molecule has 0 radical (unpaired) electrons. The highest BCUT2D eigenvalue weighted by molar-refractivity contribution is 5.94. The SMILES string of the molecule is COc1ccccc1-c1cc(C(=O)NN=Cc2ccc(O)cc2)[nH]n1. The number of phenols is 1. The molecule has 0 atom stereocenters. The van der Waals surface area contributed by atoms with Crippen LogP contribution in [0.15, 0.2) is 59.7 Å². The molecule has 0 saturated heterocycles. The van der Waals surface area contributed by atoms with Gasteiger partial charge in [0.15, 0.2) is 0 Å². The number of aromatic amines is 1. The summed E-state index contributed by atoms with van der Waals surface area (Å²) in [7, 11) is 1.58. The van der Waals surface area contributed by atoms with Crippen LogP contribution in [-0.4, -0.2) is 34.5 Å². The zero-order chi connectivity index (χ0) is 17.6. The van der Waals surface area contributed by atoms with Gasteiger partial charge in [-0.1, -0.05) is 12.1 Å². The molecular formula is C18H16N4O3. The molecule has 0 bridgehead atoms. The molecule has 7 heteroatoms. The molecule has 0 unspecified atom stereocenters. The third-order valence-electron chi connectivity index (χ3n) is 3.48. The van der Waals surface area contributed by atoms with Crippen molar-refractivity contribution in [2.45, 2.75) is 0 Å². The normalized spacial score (nSPS) is 10.8. The molecular weight excluding hydrogens is 320 g/mol. The van der Waals surface area contributed by atoms with Gasteiger partial charge in [0.05, 0.1) is 19.0 Å². The molecule has 0 saturated carbocycles. The quantitative estimate of drug-likeness (QED) is 0.492.